The van der Waals surface area contributed by atoms with Crippen molar-refractivity contribution in [2.24, 2.45) is 0 Å². The van der Waals surface area contributed by atoms with Crippen LogP contribution in [0.25, 0.3) is 22.4 Å². The number of hydrogen-bond acceptors (Lipinski definition) is 11. The lowest BCUT2D eigenvalue weighted by Gasteiger charge is -2.18. The fourth-order valence-electron chi connectivity index (χ4n) is 8.02. The molecule has 2 aliphatic heterocycles. The molecule has 0 spiro atoms. The van der Waals surface area contributed by atoms with Crippen molar-refractivity contribution in [3.05, 3.63) is 117 Å². The molecule has 2 saturated heterocycles. The van der Waals surface area contributed by atoms with Crippen molar-refractivity contribution < 1.29 is 28.2 Å². The number of nitriles is 1. The Labute approximate surface area is 352 Å². The van der Waals surface area contributed by atoms with Crippen LogP contribution in [0.1, 0.15) is 71.6 Å². The number of aromatic nitrogens is 3. The van der Waals surface area contributed by atoms with E-state index in [1.807, 2.05) is 42.5 Å². The Hall–Kier alpha value is -6.14. The summed E-state index contributed by atoms with van der Waals surface area (Å²) in [6.07, 6.45) is 6.77. The molecule has 3 atom stereocenters. The first-order valence-corrected chi connectivity index (χ1v) is 20.4. The number of hydrogen-bond donors (Lipinski definition) is 4. The number of rotatable bonds is 16. The van der Waals surface area contributed by atoms with Gasteiger partial charge in [0.05, 0.1) is 23.4 Å². The third-order valence-corrected chi connectivity index (χ3v) is 11.4. The van der Waals surface area contributed by atoms with Crippen LogP contribution < -0.4 is 35.5 Å². The van der Waals surface area contributed by atoms with Crippen LogP contribution in [0, 0.1) is 17.1 Å². The Morgan fingerprint density at radius 1 is 0.850 bits per heavy atom. The van der Waals surface area contributed by atoms with E-state index in [2.05, 4.69) is 32.3 Å². The lowest BCUT2D eigenvalue weighted by atomic mass is 9.94. The van der Waals surface area contributed by atoms with Crippen LogP contribution in [0.4, 0.5) is 4.39 Å². The number of amides is 2. The third kappa shape index (κ3) is 9.34. The molecule has 13 nitrogen and oxygen atoms in total. The molecule has 1 unspecified atom stereocenters. The molecule has 5 heterocycles. The predicted molar refractivity (Wildman–Crippen MR) is 222 cm³/mol. The zero-order valence-corrected chi connectivity index (χ0v) is 33.8. The summed E-state index contributed by atoms with van der Waals surface area (Å²) in [4.78, 5) is 36.9. The second kappa shape index (κ2) is 18.4. The molecule has 15 heteroatoms. The first-order valence-electron chi connectivity index (χ1n) is 20.0. The Bertz CT molecular complexity index is 2460. The van der Waals surface area contributed by atoms with Gasteiger partial charge in [-0.3, -0.25) is 14.6 Å². The topological polar surface area (TPSA) is 172 Å². The van der Waals surface area contributed by atoms with Gasteiger partial charge in [0.1, 0.15) is 24.6 Å². The van der Waals surface area contributed by atoms with Crippen LogP contribution >= 0.6 is 11.6 Å². The van der Waals surface area contributed by atoms with E-state index in [-0.39, 0.29) is 36.6 Å². The number of ether oxygens (including phenoxy) is 3. The molecule has 2 fully saturated rings. The van der Waals surface area contributed by atoms with Crippen molar-refractivity contribution in [2.45, 2.75) is 76.4 Å². The molecule has 3 aromatic heterocycles. The van der Waals surface area contributed by atoms with Crippen molar-refractivity contribution in [3.63, 3.8) is 0 Å². The molecule has 5 aromatic rings. The first kappa shape index (κ1) is 40.6. The van der Waals surface area contributed by atoms with Crippen molar-refractivity contribution >= 4 is 23.4 Å². The van der Waals surface area contributed by atoms with Gasteiger partial charge in [-0.05, 0) is 72.7 Å². The van der Waals surface area contributed by atoms with E-state index < -0.39 is 5.82 Å². The minimum atomic E-state index is -0.452. The minimum Gasteiger partial charge on any atom is -0.481 e. The summed E-state index contributed by atoms with van der Waals surface area (Å²) in [5.41, 5.74) is 7.01. The van der Waals surface area contributed by atoms with Gasteiger partial charge in [0.15, 0.2) is 0 Å². The van der Waals surface area contributed by atoms with Gasteiger partial charge in [0, 0.05) is 97.4 Å². The van der Waals surface area contributed by atoms with Crippen molar-refractivity contribution in [1.29, 1.82) is 5.26 Å². The van der Waals surface area contributed by atoms with Gasteiger partial charge in [-0.15, -0.1) is 0 Å². The molecule has 1 aliphatic carbocycles. The Morgan fingerprint density at radius 3 is 2.27 bits per heavy atom. The maximum absolute atomic E-state index is 15.5. The summed E-state index contributed by atoms with van der Waals surface area (Å²) in [7, 11) is 1.54. The summed E-state index contributed by atoms with van der Waals surface area (Å²) < 4.78 is 33.9. The number of pyridine rings is 3. The number of carbonyl (C=O) groups is 2. The summed E-state index contributed by atoms with van der Waals surface area (Å²) >= 11 is 7.13. The normalized spacial score (nSPS) is 18.1. The summed E-state index contributed by atoms with van der Waals surface area (Å²) in [6, 6.07) is 20.1. The summed E-state index contributed by atoms with van der Waals surface area (Å²) in [6.45, 7) is 2.30. The van der Waals surface area contributed by atoms with E-state index in [0.717, 1.165) is 46.2 Å². The Kier molecular flexibility index (Phi) is 12.5. The molecule has 60 heavy (non-hydrogen) atoms. The minimum absolute atomic E-state index is 0.0600. The quantitative estimate of drug-likeness (QED) is 0.0885. The molecule has 0 radical (unpaired) electrons. The van der Waals surface area contributed by atoms with Crippen LogP contribution in [0.2, 0.25) is 5.02 Å². The lowest BCUT2D eigenvalue weighted by Crippen LogP contribution is -2.35. The number of nitrogens with one attached hydrogen (secondary N) is 4. The molecule has 308 valence electrons. The average molecular weight is 831 g/mol. The van der Waals surface area contributed by atoms with Gasteiger partial charge in [-0.25, -0.2) is 9.37 Å². The largest absolute Gasteiger partial charge is 0.481 e. The van der Waals surface area contributed by atoms with Gasteiger partial charge < -0.3 is 35.5 Å². The zero-order valence-electron chi connectivity index (χ0n) is 33.0. The van der Waals surface area contributed by atoms with E-state index in [0.29, 0.717) is 96.9 Å². The van der Waals surface area contributed by atoms with Crippen LogP contribution in [0.3, 0.4) is 0 Å². The number of halogens is 2. The molecular formula is C45H44ClFN8O5. The van der Waals surface area contributed by atoms with Crippen LogP contribution in [-0.4, -0.2) is 59.0 Å². The van der Waals surface area contributed by atoms with Crippen LogP contribution in [-0.2, 0) is 35.7 Å². The molecule has 8 rings (SSSR count). The number of methoxy groups -OCH3 is 1. The smallest absolute Gasteiger partial charge is 0.221 e. The number of fused-ring (bicyclic) bond motifs is 1. The fourth-order valence-corrected chi connectivity index (χ4v) is 8.33. The standard InChI is InChI=1S/C45H44ClFN8O5/c1-58-44-28(21-50-23-31-7-12-40(56)52-31)5-10-38(54-44)37-17-30(47)16-36(43(37)46)33-3-2-4-35-34(33)9-11-39(35)60-42-14-6-29(22-51-24-32-8-13-41(57)53-32)45(55-42)59-25-27-15-26(18-48)19-49-20-27/h2-6,10,14-17,19-20,31-32,39,50-51H,7-9,11-13,21-25H2,1H3,(H,52,56)(H,53,57)/t31?,32-,39-/m0/s1. The van der Waals surface area contributed by atoms with Gasteiger partial charge in [-0.1, -0.05) is 35.9 Å². The van der Waals surface area contributed by atoms with E-state index in [4.69, 9.17) is 35.8 Å². The SMILES string of the molecule is COc1nc(-c2cc(F)cc(-c3cccc4c3CC[C@@H]4Oc3ccc(CNC[C@@H]4CCC(=O)N4)c(OCc4cncc(C#N)c4)n3)c2Cl)ccc1CNCC1CCC(=O)N1. The van der Waals surface area contributed by atoms with E-state index in [9.17, 15) is 14.9 Å². The maximum atomic E-state index is 15.5. The highest BCUT2D eigenvalue weighted by Gasteiger charge is 2.29. The maximum Gasteiger partial charge on any atom is 0.221 e. The molecular weight excluding hydrogens is 787 g/mol. The van der Waals surface area contributed by atoms with Crippen LogP contribution in [0.15, 0.2) is 73.1 Å². The first-order chi connectivity index (χ1) is 29.2. The molecule has 4 N–H and O–H groups in total. The van der Waals surface area contributed by atoms with Gasteiger partial charge in [0.2, 0.25) is 29.5 Å². The van der Waals surface area contributed by atoms with E-state index in [1.165, 1.54) is 18.3 Å². The number of nitrogens with zero attached hydrogens (tertiary/aromatic N) is 4. The Balaban J connectivity index is 1.00. The van der Waals surface area contributed by atoms with Crippen molar-refractivity contribution in [3.8, 4) is 46.1 Å². The van der Waals surface area contributed by atoms with Crippen molar-refractivity contribution in [2.75, 3.05) is 20.2 Å². The van der Waals surface area contributed by atoms with Gasteiger partial charge in [-0.2, -0.15) is 10.2 Å². The van der Waals surface area contributed by atoms with Gasteiger partial charge >= 0.3 is 0 Å². The fraction of sp³-hybridized carbons (Fsp3) is 0.333. The predicted octanol–water partition coefficient (Wildman–Crippen LogP) is 6.26. The third-order valence-electron chi connectivity index (χ3n) is 11.0. The molecule has 0 saturated carbocycles. The zero-order chi connectivity index (χ0) is 41.6. The summed E-state index contributed by atoms with van der Waals surface area (Å²) in [5.74, 6) is 0.820. The highest BCUT2D eigenvalue weighted by atomic mass is 35.5. The number of carbonyl (C=O) groups excluding carboxylic acids is 2. The molecule has 0 bridgehead atoms. The Morgan fingerprint density at radius 2 is 1.57 bits per heavy atom. The van der Waals surface area contributed by atoms with E-state index in [1.54, 1.807) is 19.4 Å². The summed E-state index contributed by atoms with van der Waals surface area (Å²) in [5, 5.41) is 22.4. The highest BCUT2D eigenvalue weighted by molar-refractivity contribution is 6.36. The van der Waals surface area contributed by atoms with Crippen molar-refractivity contribution in [1.82, 2.24) is 36.2 Å². The average Bonchev–Trinajstić information content (AvgIpc) is 4.00. The van der Waals surface area contributed by atoms with Gasteiger partial charge in [0.25, 0.3) is 0 Å². The van der Waals surface area contributed by atoms with E-state index >= 15 is 4.39 Å². The molecule has 3 aliphatic rings. The second-order valence-electron chi connectivity index (χ2n) is 15.2. The molecule has 2 amide bonds. The lowest BCUT2D eigenvalue weighted by molar-refractivity contribution is -0.120. The molecule has 2 aromatic carbocycles. The highest BCUT2D eigenvalue weighted by Crippen LogP contribution is 2.44. The second-order valence-corrected chi connectivity index (χ2v) is 15.5. The monoisotopic (exact) mass is 830 g/mol. The van der Waals surface area contributed by atoms with Crippen LogP contribution in [0.5, 0.6) is 17.6 Å². The number of benzene rings is 2.